The predicted molar refractivity (Wildman–Crippen MR) is 78.8 cm³/mol. The summed E-state index contributed by atoms with van der Waals surface area (Å²) < 4.78 is 0. The fraction of sp³-hybridized carbons (Fsp3) is 1.00. The average molecular weight is 252 g/mol. The largest absolute Gasteiger partial charge is 0.316 e. The van der Waals surface area contributed by atoms with Crippen molar-refractivity contribution in [3.8, 4) is 0 Å². The molecule has 18 heavy (non-hydrogen) atoms. The van der Waals surface area contributed by atoms with Crippen LogP contribution in [0.5, 0.6) is 0 Å². The van der Waals surface area contributed by atoms with Gasteiger partial charge in [0.25, 0.3) is 0 Å². The number of rotatable bonds is 7. The van der Waals surface area contributed by atoms with Crippen LogP contribution in [0.2, 0.25) is 0 Å². The first-order valence-electron chi connectivity index (χ1n) is 8.11. The third-order valence-electron chi connectivity index (χ3n) is 4.98. The summed E-state index contributed by atoms with van der Waals surface area (Å²) in [6, 6.07) is 0.902. The molecule has 0 aromatic heterocycles. The van der Waals surface area contributed by atoms with E-state index < -0.39 is 0 Å². The molecule has 0 bridgehead atoms. The summed E-state index contributed by atoms with van der Waals surface area (Å²) in [5, 5.41) is 3.42. The van der Waals surface area contributed by atoms with E-state index in [0.717, 1.165) is 23.8 Å². The maximum absolute atomic E-state index is 3.42. The minimum Gasteiger partial charge on any atom is -0.316 e. The molecule has 1 N–H and O–H groups in total. The van der Waals surface area contributed by atoms with E-state index >= 15 is 0 Å². The summed E-state index contributed by atoms with van der Waals surface area (Å²) >= 11 is 0. The summed E-state index contributed by atoms with van der Waals surface area (Å²) in [6.07, 6.45) is 7.19. The zero-order valence-electron chi connectivity index (χ0n) is 12.6. The van der Waals surface area contributed by atoms with Crippen LogP contribution >= 0.6 is 0 Å². The zero-order chi connectivity index (χ0) is 13.0. The zero-order valence-corrected chi connectivity index (χ0v) is 12.6. The molecule has 1 aliphatic carbocycles. The molecule has 1 unspecified atom stereocenters. The van der Waals surface area contributed by atoms with Crippen LogP contribution in [0.15, 0.2) is 0 Å². The van der Waals surface area contributed by atoms with Crippen molar-refractivity contribution < 1.29 is 0 Å². The number of hydrogen-bond donors (Lipinski definition) is 1. The number of hydrogen-bond acceptors (Lipinski definition) is 2. The van der Waals surface area contributed by atoms with E-state index in [2.05, 4.69) is 31.0 Å². The van der Waals surface area contributed by atoms with Crippen LogP contribution in [0.4, 0.5) is 0 Å². The van der Waals surface area contributed by atoms with Gasteiger partial charge < -0.3 is 10.2 Å². The van der Waals surface area contributed by atoms with Gasteiger partial charge in [-0.15, -0.1) is 0 Å². The molecule has 106 valence electrons. The van der Waals surface area contributed by atoms with Gasteiger partial charge in [0.2, 0.25) is 0 Å². The van der Waals surface area contributed by atoms with Crippen LogP contribution < -0.4 is 5.32 Å². The molecule has 0 aromatic carbocycles. The maximum atomic E-state index is 3.42. The maximum Gasteiger partial charge on any atom is 0.00953 e. The van der Waals surface area contributed by atoms with Gasteiger partial charge in [0.15, 0.2) is 0 Å². The van der Waals surface area contributed by atoms with E-state index in [1.165, 1.54) is 58.3 Å². The molecule has 0 radical (unpaired) electrons. The van der Waals surface area contributed by atoms with Gasteiger partial charge in [-0.2, -0.15) is 0 Å². The second kappa shape index (κ2) is 6.91. The van der Waals surface area contributed by atoms with Crippen molar-refractivity contribution in [3.63, 3.8) is 0 Å². The highest BCUT2D eigenvalue weighted by molar-refractivity contribution is 4.84. The second-order valence-corrected chi connectivity index (χ2v) is 7.01. The quantitative estimate of drug-likeness (QED) is 0.749. The van der Waals surface area contributed by atoms with Gasteiger partial charge in [-0.25, -0.2) is 0 Å². The molecule has 0 aromatic rings. The van der Waals surface area contributed by atoms with Crippen LogP contribution in [-0.2, 0) is 0 Å². The smallest absolute Gasteiger partial charge is 0.00953 e. The Morgan fingerprint density at radius 3 is 2.28 bits per heavy atom. The lowest BCUT2D eigenvalue weighted by Crippen LogP contribution is -2.49. The van der Waals surface area contributed by atoms with Crippen LogP contribution in [0.3, 0.4) is 0 Å². The van der Waals surface area contributed by atoms with Gasteiger partial charge >= 0.3 is 0 Å². The molecule has 1 atom stereocenters. The van der Waals surface area contributed by atoms with Crippen molar-refractivity contribution in [1.29, 1.82) is 0 Å². The van der Waals surface area contributed by atoms with Crippen molar-refractivity contribution in [2.45, 2.75) is 58.9 Å². The number of nitrogens with zero attached hydrogens (tertiary/aromatic N) is 1. The fourth-order valence-corrected chi connectivity index (χ4v) is 3.35. The van der Waals surface area contributed by atoms with E-state index in [0.29, 0.717) is 0 Å². The Balaban J connectivity index is 1.81. The van der Waals surface area contributed by atoms with E-state index in [9.17, 15) is 0 Å². The molecule has 2 heteroatoms. The van der Waals surface area contributed by atoms with E-state index in [-0.39, 0.29) is 0 Å². The summed E-state index contributed by atoms with van der Waals surface area (Å²) in [5.74, 6) is 2.65. The van der Waals surface area contributed by atoms with Crippen LogP contribution in [0, 0.1) is 17.8 Å². The van der Waals surface area contributed by atoms with Crippen molar-refractivity contribution >= 4 is 0 Å². The van der Waals surface area contributed by atoms with Gasteiger partial charge in [0.05, 0.1) is 0 Å². The summed E-state index contributed by atoms with van der Waals surface area (Å²) in [5.41, 5.74) is 0. The molecule has 1 heterocycles. The molecule has 1 saturated heterocycles. The van der Waals surface area contributed by atoms with E-state index in [1.54, 1.807) is 0 Å². The Morgan fingerprint density at radius 2 is 1.78 bits per heavy atom. The minimum atomic E-state index is 0.842. The average Bonchev–Trinajstić information content (AvgIpc) is 2.74. The van der Waals surface area contributed by atoms with Crippen molar-refractivity contribution in [2.24, 2.45) is 17.8 Å². The van der Waals surface area contributed by atoms with Crippen LogP contribution in [0.25, 0.3) is 0 Å². The molecule has 1 saturated carbocycles. The van der Waals surface area contributed by atoms with Crippen LogP contribution in [0.1, 0.15) is 52.9 Å². The Labute approximate surface area is 114 Å². The monoisotopic (exact) mass is 252 g/mol. The SMILES string of the molecule is CC(C)CCN(CC(C)C1CNC1)C1CCCC1. The normalized spacial score (nSPS) is 23.8. The topological polar surface area (TPSA) is 15.3 Å². The highest BCUT2D eigenvalue weighted by Crippen LogP contribution is 2.27. The van der Waals surface area contributed by atoms with Crippen molar-refractivity contribution in [2.75, 3.05) is 26.2 Å². The molecular weight excluding hydrogens is 220 g/mol. The third kappa shape index (κ3) is 3.96. The Hall–Kier alpha value is -0.0800. The summed E-state index contributed by atoms with van der Waals surface area (Å²) in [4.78, 5) is 2.83. The lowest BCUT2D eigenvalue weighted by Gasteiger charge is -2.38. The molecule has 2 rings (SSSR count). The molecule has 0 amide bonds. The van der Waals surface area contributed by atoms with Crippen molar-refractivity contribution in [3.05, 3.63) is 0 Å². The lowest BCUT2D eigenvalue weighted by molar-refractivity contribution is 0.124. The Bertz CT molecular complexity index is 229. The molecule has 2 nitrogen and oxygen atoms in total. The molecule has 0 spiro atoms. The van der Waals surface area contributed by atoms with Crippen molar-refractivity contribution in [1.82, 2.24) is 10.2 Å². The highest BCUT2D eigenvalue weighted by Gasteiger charge is 2.28. The Morgan fingerprint density at radius 1 is 1.11 bits per heavy atom. The molecule has 1 aliphatic heterocycles. The van der Waals surface area contributed by atoms with Gasteiger partial charge in [-0.1, -0.05) is 33.6 Å². The molecule has 2 fully saturated rings. The van der Waals surface area contributed by atoms with E-state index in [4.69, 9.17) is 0 Å². The summed E-state index contributed by atoms with van der Waals surface area (Å²) in [6.45, 7) is 12.3. The highest BCUT2D eigenvalue weighted by atomic mass is 15.2. The fourth-order valence-electron chi connectivity index (χ4n) is 3.35. The molecule has 2 aliphatic rings. The van der Waals surface area contributed by atoms with Gasteiger partial charge in [-0.05, 0) is 56.7 Å². The third-order valence-corrected chi connectivity index (χ3v) is 4.98. The standard InChI is InChI=1S/C16H32N2/c1-13(2)8-9-18(16-6-4-5-7-16)12-14(3)15-10-17-11-15/h13-17H,4-12H2,1-3H3. The second-order valence-electron chi connectivity index (χ2n) is 7.01. The Kier molecular flexibility index (Phi) is 5.50. The van der Waals surface area contributed by atoms with Gasteiger partial charge in [-0.3, -0.25) is 0 Å². The minimum absolute atomic E-state index is 0.842. The van der Waals surface area contributed by atoms with Gasteiger partial charge in [0, 0.05) is 12.6 Å². The molecular formula is C16H32N2. The van der Waals surface area contributed by atoms with Gasteiger partial charge in [0.1, 0.15) is 0 Å². The number of nitrogens with one attached hydrogen (secondary N) is 1. The first-order valence-corrected chi connectivity index (χ1v) is 8.11. The summed E-state index contributed by atoms with van der Waals surface area (Å²) in [7, 11) is 0. The lowest BCUT2D eigenvalue weighted by atomic mass is 9.88. The first kappa shape index (κ1) is 14.3. The predicted octanol–water partition coefficient (Wildman–Crippen LogP) is 3.13. The first-order chi connectivity index (χ1) is 8.66. The van der Waals surface area contributed by atoms with Crippen LogP contribution in [-0.4, -0.2) is 37.1 Å². The van der Waals surface area contributed by atoms with E-state index in [1.807, 2.05) is 0 Å².